The minimum atomic E-state index is -0.249. The minimum Gasteiger partial charge on any atom is -0.391 e. The number of hydrogen-bond acceptors (Lipinski definition) is 5. The van der Waals surface area contributed by atoms with Crippen LogP contribution in [0.4, 0.5) is 5.95 Å². The number of piperidine rings is 1. The van der Waals surface area contributed by atoms with Crippen LogP contribution in [0.2, 0.25) is 0 Å². The molecule has 3 atom stereocenters. The Morgan fingerprint density at radius 1 is 1.09 bits per heavy atom. The van der Waals surface area contributed by atoms with Crippen molar-refractivity contribution >= 4 is 11.6 Å². The lowest BCUT2D eigenvalue weighted by Crippen LogP contribution is -2.49. The monoisotopic (exact) mass is 313 g/mol. The van der Waals surface area contributed by atoms with Crippen molar-refractivity contribution in [3.8, 4) is 0 Å². The van der Waals surface area contributed by atoms with Gasteiger partial charge < -0.3 is 10.0 Å². The van der Waals surface area contributed by atoms with Crippen molar-refractivity contribution in [3.05, 3.63) is 17.6 Å². The molecule has 2 aromatic heterocycles. The van der Waals surface area contributed by atoms with E-state index in [0.29, 0.717) is 12.0 Å². The molecule has 3 fully saturated rings. The molecule has 0 amide bonds. The molecular weight excluding hydrogens is 290 g/mol. The van der Waals surface area contributed by atoms with Crippen molar-refractivity contribution in [1.29, 1.82) is 0 Å². The fourth-order valence-electron chi connectivity index (χ4n) is 4.51. The van der Waals surface area contributed by atoms with Crippen LogP contribution in [0.5, 0.6) is 0 Å². The lowest BCUT2D eigenvalue weighted by molar-refractivity contribution is 0.118. The molecule has 1 aliphatic carbocycles. The third-order valence-electron chi connectivity index (χ3n) is 5.98. The summed E-state index contributed by atoms with van der Waals surface area (Å²) in [5.41, 5.74) is 2.05. The number of nitrogens with zero attached hydrogens (tertiary/aromatic N) is 5. The molecule has 3 aliphatic rings. The third-order valence-corrected chi connectivity index (χ3v) is 5.98. The van der Waals surface area contributed by atoms with Crippen LogP contribution >= 0.6 is 0 Å². The highest BCUT2D eigenvalue weighted by Gasteiger charge is 2.43. The van der Waals surface area contributed by atoms with Crippen LogP contribution in [0.25, 0.3) is 5.65 Å². The Bertz CT molecular complexity index is 753. The molecular formula is C17H23N5O. The normalized spacial score (nSPS) is 30.9. The summed E-state index contributed by atoms with van der Waals surface area (Å²) in [6.07, 6.45) is 7.67. The summed E-state index contributed by atoms with van der Waals surface area (Å²) < 4.78 is 1.92. The van der Waals surface area contributed by atoms with Crippen LogP contribution < -0.4 is 4.90 Å². The summed E-state index contributed by atoms with van der Waals surface area (Å²) in [6.45, 7) is 1.95. The van der Waals surface area contributed by atoms with Gasteiger partial charge in [0.15, 0.2) is 5.65 Å². The largest absolute Gasteiger partial charge is 0.391 e. The van der Waals surface area contributed by atoms with Crippen molar-refractivity contribution in [3.63, 3.8) is 0 Å². The SMILES string of the molecule is Cc1nc(N2[C@@H]3CCC(O)[C@H]2CC3)n2nc(C3CCC3)cc2n1. The fourth-order valence-corrected chi connectivity index (χ4v) is 4.51. The highest BCUT2D eigenvalue weighted by molar-refractivity contribution is 5.50. The van der Waals surface area contributed by atoms with E-state index >= 15 is 0 Å². The Balaban J connectivity index is 1.64. The predicted octanol–water partition coefficient (Wildman–Crippen LogP) is 2.19. The van der Waals surface area contributed by atoms with E-state index < -0.39 is 0 Å². The van der Waals surface area contributed by atoms with Gasteiger partial charge in [0.2, 0.25) is 5.95 Å². The molecule has 0 spiro atoms. The zero-order valence-corrected chi connectivity index (χ0v) is 13.5. The second kappa shape index (κ2) is 4.90. The molecule has 5 rings (SSSR count). The van der Waals surface area contributed by atoms with E-state index in [9.17, 15) is 5.11 Å². The van der Waals surface area contributed by atoms with Crippen molar-refractivity contribution in [2.45, 2.75) is 76.0 Å². The Labute approximate surface area is 135 Å². The van der Waals surface area contributed by atoms with Gasteiger partial charge in [-0.25, -0.2) is 4.98 Å². The first-order valence-corrected chi connectivity index (χ1v) is 8.91. The second-order valence-corrected chi connectivity index (χ2v) is 7.39. The average Bonchev–Trinajstić information content (AvgIpc) is 3.01. The van der Waals surface area contributed by atoms with Gasteiger partial charge in [0.25, 0.3) is 0 Å². The molecule has 23 heavy (non-hydrogen) atoms. The summed E-state index contributed by atoms with van der Waals surface area (Å²) in [6, 6.07) is 2.80. The van der Waals surface area contributed by atoms with Crippen LogP contribution in [0.15, 0.2) is 6.07 Å². The Kier molecular flexibility index (Phi) is 2.92. The summed E-state index contributed by atoms with van der Waals surface area (Å²) in [7, 11) is 0. The van der Waals surface area contributed by atoms with E-state index in [1.807, 2.05) is 11.4 Å². The standard InChI is InChI=1S/C17H23N5O/c1-10-18-16-9-13(11-3-2-4-11)20-22(16)17(19-10)21-12-5-7-14(21)15(23)8-6-12/h9,11-12,14-15,23H,2-8H2,1H3/t12-,14+,15?/m0/s1. The number of aromatic nitrogens is 4. The first kappa shape index (κ1) is 13.7. The van der Waals surface area contributed by atoms with Gasteiger partial charge in [-0.05, 0) is 45.4 Å². The molecule has 2 aromatic rings. The van der Waals surface area contributed by atoms with E-state index in [4.69, 9.17) is 10.1 Å². The molecule has 1 N–H and O–H groups in total. The van der Waals surface area contributed by atoms with Gasteiger partial charge >= 0.3 is 0 Å². The summed E-state index contributed by atoms with van der Waals surface area (Å²) in [5.74, 6) is 2.25. The Morgan fingerprint density at radius 3 is 2.70 bits per heavy atom. The molecule has 6 nitrogen and oxygen atoms in total. The van der Waals surface area contributed by atoms with Crippen molar-refractivity contribution in [2.75, 3.05) is 4.90 Å². The number of rotatable bonds is 2. The van der Waals surface area contributed by atoms with Crippen molar-refractivity contribution in [1.82, 2.24) is 19.6 Å². The molecule has 4 heterocycles. The van der Waals surface area contributed by atoms with Crippen molar-refractivity contribution in [2.24, 2.45) is 0 Å². The highest BCUT2D eigenvalue weighted by Crippen LogP contribution is 2.40. The van der Waals surface area contributed by atoms with E-state index in [1.165, 1.54) is 19.3 Å². The lowest BCUT2D eigenvalue weighted by Gasteiger charge is -2.38. The quantitative estimate of drug-likeness (QED) is 0.920. The Morgan fingerprint density at radius 2 is 1.91 bits per heavy atom. The van der Waals surface area contributed by atoms with E-state index in [0.717, 1.165) is 48.8 Å². The van der Waals surface area contributed by atoms with Crippen LogP contribution in [0.1, 0.15) is 62.4 Å². The van der Waals surface area contributed by atoms with Gasteiger partial charge in [-0.1, -0.05) is 6.42 Å². The summed E-state index contributed by atoms with van der Waals surface area (Å²) >= 11 is 0. The first-order valence-electron chi connectivity index (χ1n) is 8.91. The van der Waals surface area contributed by atoms with Gasteiger partial charge in [-0.3, -0.25) is 0 Å². The molecule has 6 heteroatoms. The second-order valence-electron chi connectivity index (χ2n) is 7.39. The number of aliphatic hydroxyl groups is 1. The molecule has 2 saturated heterocycles. The van der Waals surface area contributed by atoms with Crippen molar-refractivity contribution < 1.29 is 5.11 Å². The zero-order valence-electron chi connectivity index (χ0n) is 13.5. The van der Waals surface area contributed by atoms with Crippen LogP contribution in [-0.4, -0.2) is 42.9 Å². The smallest absolute Gasteiger partial charge is 0.230 e. The number of hydrogen-bond donors (Lipinski definition) is 1. The number of aryl methyl sites for hydroxylation is 1. The fraction of sp³-hybridized carbons (Fsp3) is 0.706. The predicted molar refractivity (Wildman–Crippen MR) is 86.6 cm³/mol. The van der Waals surface area contributed by atoms with Gasteiger partial charge in [0, 0.05) is 18.0 Å². The van der Waals surface area contributed by atoms with Crippen LogP contribution in [0.3, 0.4) is 0 Å². The molecule has 122 valence electrons. The first-order chi connectivity index (χ1) is 11.2. The highest BCUT2D eigenvalue weighted by atomic mass is 16.3. The number of aliphatic hydroxyl groups excluding tert-OH is 1. The average molecular weight is 313 g/mol. The van der Waals surface area contributed by atoms with E-state index in [-0.39, 0.29) is 12.1 Å². The summed E-state index contributed by atoms with van der Waals surface area (Å²) in [4.78, 5) is 11.6. The lowest BCUT2D eigenvalue weighted by atomic mass is 9.83. The molecule has 0 aromatic carbocycles. The number of anilines is 1. The zero-order chi connectivity index (χ0) is 15.6. The third kappa shape index (κ3) is 2.00. The molecule has 2 bridgehead atoms. The number of fused-ring (bicyclic) bond motifs is 3. The molecule has 1 saturated carbocycles. The maximum atomic E-state index is 10.4. The van der Waals surface area contributed by atoms with Gasteiger partial charge in [-0.2, -0.15) is 14.6 Å². The minimum absolute atomic E-state index is 0.183. The topological polar surface area (TPSA) is 66.5 Å². The maximum absolute atomic E-state index is 10.4. The van der Waals surface area contributed by atoms with E-state index in [2.05, 4.69) is 16.0 Å². The van der Waals surface area contributed by atoms with Gasteiger partial charge in [0.1, 0.15) is 5.82 Å². The van der Waals surface area contributed by atoms with Gasteiger partial charge in [-0.15, -0.1) is 0 Å². The molecule has 0 radical (unpaired) electrons. The van der Waals surface area contributed by atoms with Crippen LogP contribution in [0, 0.1) is 6.92 Å². The Hall–Kier alpha value is -1.69. The van der Waals surface area contributed by atoms with Crippen LogP contribution in [-0.2, 0) is 0 Å². The molecule has 2 aliphatic heterocycles. The van der Waals surface area contributed by atoms with Gasteiger partial charge in [0.05, 0.1) is 17.8 Å². The maximum Gasteiger partial charge on any atom is 0.230 e. The van der Waals surface area contributed by atoms with E-state index in [1.54, 1.807) is 0 Å². The summed E-state index contributed by atoms with van der Waals surface area (Å²) in [5, 5.41) is 15.2. The molecule has 1 unspecified atom stereocenters.